The van der Waals surface area contributed by atoms with Gasteiger partial charge < -0.3 is 5.73 Å². The molecule has 1 heterocycles. The molecule has 0 radical (unpaired) electrons. The van der Waals surface area contributed by atoms with Crippen molar-refractivity contribution >= 4 is 5.95 Å². The lowest BCUT2D eigenvalue weighted by Gasteiger charge is -1.91. The van der Waals surface area contributed by atoms with Crippen LogP contribution in [0.15, 0.2) is 0 Å². The maximum absolute atomic E-state index is 5.70. The Bertz CT molecular complexity index is 229. The molecule has 0 amide bonds. The molecule has 0 atom stereocenters. The van der Waals surface area contributed by atoms with Gasteiger partial charge >= 0.3 is 5.95 Å². The Labute approximate surface area is 65.8 Å². The number of hydrogen-bond donors (Lipinski definition) is 1. The first-order chi connectivity index (χ1) is 5.29. The highest BCUT2D eigenvalue weighted by molar-refractivity contribution is 5.02. The molecule has 1 rings (SSSR count). The van der Waals surface area contributed by atoms with Crippen LogP contribution in [0.1, 0.15) is 20.3 Å². The monoisotopic (exact) mass is 156 g/mol. The summed E-state index contributed by atoms with van der Waals surface area (Å²) in [6, 6.07) is 0. The van der Waals surface area contributed by atoms with E-state index in [1.807, 2.05) is 6.92 Å². The lowest BCUT2D eigenvalue weighted by molar-refractivity contribution is -0.741. The van der Waals surface area contributed by atoms with E-state index in [-0.39, 0.29) is 0 Å². The lowest BCUT2D eigenvalue weighted by Crippen LogP contribution is -2.38. The fourth-order valence-corrected chi connectivity index (χ4v) is 0.918. The molecule has 0 aromatic carbocycles. The SMILES string of the molecule is CCC[n+]1nnn(CC)c1N. The first kappa shape index (κ1) is 7.97. The molecule has 0 saturated carbocycles. The topological polar surface area (TPSA) is 60.6 Å². The number of hydrogen-bond acceptors (Lipinski definition) is 3. The van der Waals surface area contributed by atoms with E-state index < -0.39 is 0 Å². The lowest BCUT2D eigenvalue weighted by atomic mass is 10.5. The number of rotatable bonds is 3. The molecule has 11 heavy (non-hydrogen) atoms. The minimum absolute atomic E-state index is 0.634. The van der Waals surface area contributed by atoms with E-state index in [0.29, 0.717) is 5.95 Å². The summed E-state index contributed by atoms with van der Waals surface area (Å²) in [4.78, 5) is 0. The number of anilines is 1. The molecule has 0 aliphatic heterocycles. The van der Waals surface area contributed by atoms with Gasteiger partial charge in [0.2, 0.25) is 0 Å². The van der Waals surface area contributed by atoms with Gasteiger partial charge in [0.25, 0.3) is 0 Å². The molecule has 0 fully saturated rings. The summed E-state index contributed by atoms with van der Waals surface area (Å²) in [5, 5.41) is 7.74. The average molecular weight is 156 g/mol. The summed E-state index contributed by atoms with van der Waals surface area (Å²) in [6.07, 6.45) is 1.03. The van der Waals surface area contributed by atoms with E-state index >= 15 is 0 Å². The van der Waals surface area contributed by atoms with Crippen LogP contribution in [0.3, 0.4) is 0 Å². The van der Waals surface area contributed by atoms with Gasteiger partial charge in [0.05, 0.1) is 18.3 Å². The second kappa shape index (κ2) is 3.32. The van der Waals surface area contributed by atoms with E-state index in [2.05, 4.69) is 17.4 Å². The zero-order valence-electron chi connectivity index (χ0n) is 6.99. The van der Waals surface area contributed by atoms with Crippen molar-refractivity contribution in [1.29, 1.82) is 0 Å². The van der Waals surface area contributed by atoms with E-state index in [9.17, 15) is 0 Å². The Kier molecular flexibility index (Phi) is 2.40. The summed E-state index contributed by atoms with van der Waals surface area (Å²) < 4.78 is 3.39. The van der Waals surface area contributed by atoms with Crippen molar-refractivity contribution in [3.63, 3.8) is 0 Å². The van der Waals surface area contributed by atoms with Crippen LogP contribution >= 0.6 is 0 Å². The standard InChI is InChI=1S/C6H13N5/c1-3-5-11-6(7)10(4-2)8-9-11/h7H,3-5H2,1-2H3/p+1. The zero-order chi connectivity index (χ0) is 8.27. The largest absolute Gasteiger partial charge is 0.362 e. The number of nitrogens with zero attached hydrogens (tertiary/aromatic N) is 4. The van der Waals surface area contributed by atoms with Crippen LogP contribution in [0.5, 0.6) is 0 Å². The highest BCUT2D eigenvalue weighted by Crippen LogP contribution is 1.89. The molecule has 0 bridgehead atoms. The maximum Gasteiger partial charge on any atom is 0.362 e. The molecule has 0 saturated heterocycles. The Morgan fingerprint density at radius 3 is 2.73 bits per heavy atom. The number of aromatic nitrogens is 4. The number of nitrogen functional groups attached to an aromatic ring is 1. The molecule has 0 aliphatic carbocycles. The zero-order valence-corrected chi connectivity index (χ0v) is 6.99. The van der Waals surface area contributed by atoms with Gasteiger partial charge in [-0.05, 0) is 13.3 Å². The van der Waals surface area contributed by atoms with Crippen LogP contribution in [0.2, 0.25) is 0 Å². The van der Waals surface area contributed by atoms with Crippen molar-refractivity contribution in [1.82, 2.24) is 15.1 Å². The fraction of sp³-hybridized carbons (Fsp3) is 0.833. The van der Waals surface area contributed by atoms with Gasteiger partial charge in [-0.3, -0.25) is 0 Å². The molecule has 62 valence electrons. The summed E-state index contributed by atoms with van der Waals surface area (Å²) in [6.45, 7) is 5.68. The Balaban J connectivity index is 2.82. The van der Waals surface area contributed by atoms with E-state index in [4.69, 9.17) is 5.73 Å². The summed E-state index contributed by atoms with van der Waals surface area (Å²) in [5.74, 6) is 0.634. The molecule has 2 N–H and O–H groups in total. The second-order valence-electron chi connectivity index (χ2n) is 2.38. The van der Waals surface area contributed by atoms with E-state index in [1.54, 1.807) is 9.36 Å². The van der Waals surface area contributed by atoms with Crippen LogP contribution in [0.25, 0.3) is 0 Å². The normalized spacial score (nSPS) is 10.4. The summed E-state index contributed by atoms with van der Waals surface area (Å²) >= 11 is 0. The van der Waals surface area contributed by atoms with E-state index in [1.165, 1.54) is 0 Å². The number of nitrogens with two attached hydrogens (primary N) is 1. The molecule has 1 aromatic heterocycles. The molecule has 5 heteroatoms. The van der Waals surface area contributed by atoms with Crippen molar-refractivity contribution in [3.05, 3.63) is 0 Å². The average Bonchev–Trinajstić information content (AvgIpc) is 2.34. The number of aryl methyl sites for hydroxylation is 2. The van der Waals surface area contributed by atoms with Crippen LogP contribution < -0.4 is 10.4 Å². The van der Waals surface area contributed by atoms with Gasteiger partial charge in [0.15, 0.2) is 0 Å². The predicted octanol–water partition coefficient (Wildman–Crippen LogP) is -0.422. The van der Waals surface area contributed by atoms with Crippen molar-refractivity contribution < 1.29 is 4.68 Å². The van der Waals surface area contributed by atoms with Crippen molar-refractivity contribution in [3.8, 4) is 0 Å². The van der Waals surface area contributed by atoms with Crippen LogP contribution in [-0.4, -0.2) is 15.1 Å². The van der Waals surface area contributed by atoms with Gasteiger partial charge in [0.1, 0.15) is 5.21 Å². The van der Waals surface area contributed by atoms with Gasteiger partial charge in [-0.1, -0.05) is 11.6 Å². The predicted molar refractivity (Wildman–Crippen MR) is 40.6 cm³/mol. The van der Waals surface area contributed by atoms with Crippen LogP contribution in [0.4, 0.5) is 5.95 Å². The highest BCUT2D eigenvalue weighted by atomic mass is 15.6. The third-order valence-corrected chi connectivity index (χ3v) is 1.52. The maximum atomic E-state index is 5.70. The van der Waals surface area contributed by atoms with Gasteiger partial charge in [-0.15, -0.1) is 4.68 Å². The van der Waals surface area contributed by atoms with Gasteiger partial charge in [0, 0.05) is 0 Å². The summed E-state index contributed by atoms with van der Waals surface area (Å²) in [7, 11) is 0. The first-order valence-electron chi connectivity index (χ1n) is 3.88. The highest BCUT2D eigenvalue weighted by Gasteiger charge is 2.12. The molecule has 5 nitrogen and oxygen atoms in total. The minimum atomic E-state index is 0.634. The molecule has 1 aromatic rings. The van der Waals surface area contributed by atoms with Crippen molar-refractivity contribution in [2.24, 2.45) is 0 Å². The van der Waals surface area contributed by atoms with Crippen LogP contribution in [0, 0.1) is 0 Å². The Morgan fingerprint density at radius 2 is 2.27 bits per heavy atom. The molecular formula is C6H14N5+. The van der Waals surface area contributed by atoms with Crippen molar-refractivity contribution in [2.75, 3.05) is 5.73 Å². The van der Waals surface area contributed by atoms with Gasteiger partial charge in [-0.25, -0.2) is 0 Å². The molecular weight excluding hydrogens is 142 g/mol. The Hall–Kier alpha value is -1.13. The summed E-state index contributed by atoms with van der Waals surface area (Å²) in [5.41, 5.74) is 5.70. The third kappa shape index (κ3) is 1.47. The Morgan fingerprint density at radius 1 is 1.55 bits per heavy atom. The molecule has 0 aliphatic rings. The molecule has 0 unspecified atom stereocenters. The third-order valence-electron chi connectivity index (χ3n) is 1.52. The fourth-order valence-electron chi connectivity index (χ4n) is 0.918. The smallest absolute Gasteiger partial charge is 0.306 e. The van der Waals surface area contributed by atoms with Crippen LogP contribution in [-0.2, 0) is 13.1 Å². The minimum Gasteiger partial charge on any atom is -0.306 e. The van der Waals surface area contributed by atoms with Gasteiger partial charge in [-0.2, -0.15) is 0 Å². The number of tetrazole rings is 1. The quantitative estimate of drug-likeness (QED) is 0.604. The first-order valence-corrected chi connectivity index (χ1v) is 3.88. The van der Waals surface area contributed by atoms with E-state index in [0.717, 1.165) is 19.5 Å². The second-order valence-corrected chi connectivity index (χ2v) is 2.38. The molecule has 0 spiro atoms. The van der Waals surface area contributed by atoms with Crippen molar-refractivity contribution in [2.45, 2.75) is 33.4 Å².